The summed E-state index contributed by atoms with van der Waals surface area (Å²) < 4.78 is 50.0. The second-order valence-corrected chi connectivity index (χ2v) is 11.2. The summed E-state index contributed by atoms with van der Waals surface area (Å²) in [4.78, 5) is 41.4. The van der Waals surface area contributed by atoms with Crippen LogP contribution >= 0.6 is 0 Å². The molecule has 1 aromatic rings. The first-order chi connectivity index (χ1) is 17.4. The molecule has 2 amide bonds. The SMILES string of the molecule is COc1ccc(CCC(=O)NC2(C(F)(F)F)C(=O)N(C3CCCCCC3)C3=C2C(=O)CC(C)(C)C3)cc1. The summed E-state index contributed by atoms with van der Waals surface area (Å²) in [6.45, 7) is 3.65. The maximum Gasteiger partial charge on any atom is 0.425 e. The second-order valence-electron chi connectivity index (χ2n) is 11.2. The van der Waals surface area contributed by atoms with Crippen LogP contribution in [-0.4, -0.2) is 47.4 Å². The number of carbonyl (C=O) groups is 3. The number of aryl methyl sites for hydroxylation is 1. The molecule has 9 heteroatoms. The van der Waals surface area contributed by atoms with Crippen LogP contribution < -0.4 is 10.1 Å². The summed E-state index contributed by atoms with van der Waals surface area (Å²) in [5.41, 5.74) is -3.62. The third kappa shape index (κ3) is 5.14. The number of Topliss-reactive ketones (excluding diaryl/α,β-unsaturated/α-hetero) is 1. The Morgan fingerprint density at radius 2 is 1.68 bits per heavy atom. The molecule has 1 heterocycles. The number of ether oxygens (including phenoxy) is 1. The van der Waals surface area contributed by atoms with Crippen molar-refractivity contribution in [3.8, 4) is 5.75 Å². The summed E-state index contributed by atoms with van der Waals surface area (Å²) in [6.07, 6.45) is -0.497. The number of amides is 2. The Kier molecular flexibility index (Phi) is 7.45. The van der Waals surface area contributed by atoms with E-state index in [1.165, 1.54) is 12.0 Å². The van der Waals surface area contributed by atoms with Gasteiger partial charge in [-0.2, -0.15) is 13.2 Å². The molecule has 202 valence electrons. The highest BCUT2D eigenvalue weighted by atomic mass is 19.4. The van der Waals surface area contributed by atoms with Crippen molar-refractivity contribution in [3.63, 3.8) is 0 Å². The largest absolute Gasteiger partial charge is 0.497 e. The first-order valence-corrected chi connectivity index (χ1v) is 13.0. The number of allylic oxidation sites excluding steroid dienone is 1. The van der Waals surface area contributed by atoms with Gasteiger partial charge in [-0.15, -0.1) is 0 Å². The number of rotatable bonds is 6. The minimum atomic E-state index is -5.17. The fourth-order valence-electron chi connectivity index (χ4n) is 6.00. The molecule has 1 N–H and O–H groups in total. The molecule has 37 heavy (non-hydrogen) atoms. The van der Waals surface area contributed by atoms with E-state index >= 15 is 0 Å². The van der Waals surface area contributed by atoms with Crippen molar-refractivity contribution in [3.05, 3.63) is 41.1 Å². The molecule has 4 rings (SSSR count). The summed E-state index contributed by atoms with van der Waals surface area (Å²) >= 11 is 0. The van der Waals surface area contributed by atoms with Crippen molar-refractivity contribution in [2.24, 2.45) is 5.41 Å². The lowest BCUT2D eigenvalue weighted by molar-refractivity contribution is -0.195. The quantitative estimate of drug-likeness (QED) is 0.520. The van der Waals surface area contributed by atoms with Gasteiger partial charge in [0.15, 0.2) is 5.78 Å². The third-order valence-electron chi connectivity index (χ3n) is 7.80. The molecule has 3 aliphatic rings. The molecule has 1 fully saturated rings. The number of benzene rings is 1. The molecule has 6 nitrogen and oxygen atoms in total. The standard InChI is InChI=1S/C28H35F3N2O4/c1-26(2)16-21-24(22(34)17-26)27(28(29,30)31,25(36)33(21)19-8-6-4-5-7-9-19)32-23(35)15-12-18-10-13-20(37-3)14-11-18/h10-11,13-14,19H,4-9,12,15-17H2,1-3H3,(H,32,35). The number of nitrogens with one attached hydrogen (secondary N) is 1. The Bertz CT molecular complexity index is 1090. The van der Waals surface area contributed by atoms with Crippen LogP contribution in [0.25, 0.3) is 0 Å². The Morgan fingerprint density at radius 1 is 1.05 bits per heavy atom. The number of nitrogens with zero attached hydrogens (tertiary/aromatic N) is 1. The summed E-state index contributed by atoms with van der Waals surface area (Å²) in [7, 11) is 1.52. The van der Waals surface area contributed by atoms with Crippen LogP contribution in [-0.2, 0) is 20.8 Å². The molecule has 0 radical (unpaired) electrons. The Labute approximate surface area is 215 Å². The molecule has 0 bridgehead atoms. The first-order valence-electron chi connectivity index (χ1n) is 13.0. The maximum atomic E-state index is 15.0. The zero-order valence-electron chi connectivity index (χ0n) is 21.7. The van der Waals surface area contributed by atoms with Crippen molar-refractivity contribution in [1.82, 2.24) is 10.2 Å². The van der Waals surface area contributed by atoms with E-state index in [0.717, 1.165) is 31.2 Å². The summed E-state index contributed by atoms with van der Waals surface area (Å²) in [5, 5.41) is 2.06. The van der Waals surface area contributed by atoms with E-state index in [1.54, 1.807) is 24.3 Å². The number of ketones is 1. The van der Waals surface area contributed by atoms with E-state index in [2.05, 4.69) is 5.32 Å². The lowest BCUT2D eigenvalue weighted by Gasteiger charge is -2.36. The number of hydrogen-bond donors (Lipinski definition) is 1. The zero-order chi connectivity index (χ0) is 27.0. The topological polar surface area (TPSA) is 75.7 Å². The third-order valence-corrected chi connectivity index (χ3v) is 7.80. The minimum absolute atomic E-state index is 0.114. The van der Waals surface area contributed by atoms with Gasteiger partial charge < -0.3 is 15.0 Å². The first kappa shape index (κ1) is 27.2. The molecule has 0 aromatic heterocycles. The Morgan fingerprint density at radius 3 is 2.24 bits per heavy atom. The zero-order valence-corrected chi connectivity index (χ0v) is 21.7. The predicted molar refractivity (Wildman–Crippen MR) is 132 cm³/mol. The fourth-order valence-corrected chi connectivity index (χ4v) is 6.00. The molecule has 1 unspecified atom stereocenters. The van der Waals surface area contributed by atoms with Crippen molar-refractivity contribution in [2.75, 3.05) is 7.11 Å². The van der Waals surface area contributed by atoms with Crippen LogP contribution in [0.2, 0.25) is 0 Å². The van der Waals surface area contributed by atoms with Gasteiger partial charge in [-0.3, -0.25) is 14.4 Å². The molecule has 2 aliphatic carbocycles. The Balaban J connectivity index is 1.70. The van der Waals surface area contributed by atoms with Gasteiger partial charge in [-0.25, -0.2) is 0 Å². The average molecular weight is 521 g/mol. The van der Waals surface area contributed by atoms with E-state index in [0.29, 0.717) is 18.6 Å². The van der Waals surface area contributed by atoms with Crippen LogP contribution in [0.15, 0.2) is 35.5 Å². The monoisotopic (exact) mass is 520 g/mol. The van der Waals surface area contributed by atoms with Crippen molar-refractivity contribution < 1.29 is 32.3 Å². The molecule has 1 saturated carbocycles. The highest BCUT2D eigenvalue weighted by Gasteiger charge is 2.72. The van der Waals surface area contributed by atoms with Gasteiger partial charge in [0.25, 0.3) is 5.91 Å². The molecular formula is C28H35F3N2O4. The normalized spacial score (nSPS) is 24.6. The number of alkyl halides is 3. The van der Waals surface area contributed by atoms with Crippen LogP contribution in [0.4, 0.5) is 13.2 Å². The molecule has 1 atom stereocenters. The van der Waals surface area contributed by atoms with E-state index in [1.807, 2.05) is 13.8 Å². The molecule has 0 saturated heterocycles. The number of carbonyl (C=O) groups excluding carboxylic acids is 3. The van der Waals surface area contributed by atoms with Crippen LogP contribution in [0.3, 0.4) is 0 Å². The van der Waals surface area contributed by atoms with E-state index < -0.39 is 46.3 Å². The summed E-state index contributed by atoms with van der Waals surface area (Å²) in [5.74, 6) is -2.25. The average Bonchev–Trinajstić information content (AvgIpc) is 2.97. The van der Waals surface area contributed by atoms with Gasteiger partial charge in [0.1, 0.15) is 5.75 Å². The van der Waals surface area contributed by atoms with Crippen LogP contribution in [0.5, 0.6) is 5.75 Å². The predicted octanol–water partition coefficient (Wildman–Crippen LogP) is 5.25. The van der Waals surface area contributed by atoms with E-state index in [9.17, 15) is 27.6 Å². The van der Waals surface area contributed by atoms with Gasteiger partial charge in [-0.05, 0) is 48.8 Å². The maximum absolute atomic E-state index is 15.0. The smallest absolute Gasteiger partial charge is 0.425 e. The van der Waals surface area contributed by atoms with Crippen molar-refractivity contribution >= 4 is 17.6 Å². The molecule has 1 aliphatic heterocycles. The van der Waals surface area contributed by atoms with E-state index in [4.69, 9.17) is 4.74 Å². The fraction of sp³-hybridized carbons (Fsp3) is 0.607. The van der Waals surface area contributed by atoms with Gasteiger partial charge in [0.2, 0.25) is 11.4 Å². The lowest BCUT2D eigenvalue weighted by atomic mass is 9.72. The van der Waals surface area contributed by atoms with Crippen molar-refractivity contribution in [1.29, 1.82) is 0 Å². The molecule has 1 aromatic carbocycles. The number of halogens is 3. The molecule has 0 spiro atoms. The second kappa shape index (κ2) is 10.1. The van der Waals surface area contributed by atoms with Crippen molar-refractivity contribution in [2.45, 2.75) is 95.8 Å². The Hall–Kier alpha value is -2.84. The summed E-state index contributed by atoms with van der Waals surface area (Å²) in [6, 6.07) is 6.45. The van der Waals surface area contributed by atoms with Gasteiger partial charge in [0, 0.05) is 24.6 Å². The molecular weight excluding hydrogens is 485 g/mol. The minimum Gasteiger partial charge on any atom is -0.497 e. The lowest BCUT2D eigenvalue weighted by Crippen LogP contribution is -2.66. The van der Waals surface area contributed by atoms with Gasteiger partial charge in [0.05, 0.1) is 12.7 Å². The van der Waals surface area contributed by atoms with Crippen LogP contribution in [0, 0.1) is 5.41 Å². The van der Waals surface area contributed by atoms with E-state index in [-0.39, 0.29) is 31.4 Å². The highest BCUT2D eigenvalue weighted by molar-refractivity contribution is 6.13. The van der Waals surface area contributed by atoms with Crippen LogP contribution in [0.1, 0.15) is 77.2 Å². The van der Waals surface area contributed by atoms with Gasteiger partial charge >= 0.3 is 6.18 Å². The van der Waals surface area contributed by atoms with Gasteiger partial charge in [-0.1, -0.05) is 51.7 Å². The number of methoxy groups -OCH3 is 1. The number of hydrogen-bond acceptors (Lipinski definition) is 4. The highest BCUT2D eigenvalue weighted by Crippen LogP contribution is 2.53.